The Bertz CT molecular complexity index is 1150. The number of hydrogen-bond acceptors (Lipinski definition) is 6. The Balaban J connectivity index is 1.79. The molecule has 1 aromatic heterocycles. The van der Waals surface area contributed by atoms with Crippen LogP contribution >= 0.6 is 34.5 Å². The van der Waals surface area contributed by atoms with E-state index in [0.717, 1.165) is 5.56 Å². The molecule has 11 heteroatoms. The predicted octanol–water partition coefficient (Wildman–Crippen LogP) is 4.45. The zero-order chi connectivity index (χ0) is 21.9. The van der Waals surface area contributed by atoms with Crippen LogP contribution < -0.4 is 10.0 Å². The lowest BCUT2D eigenvalue weighted by Gasteiger charge is -2.21. The van der Waals surface area contributed by atoms with E-state index in [0.29, 0.717) is 5.01 Å². The van der Waals surface area contributed by atoms with Gasteiger partial charge in [-0.05, 0) is 24.1 Å². The van der Waals surface area contributed by atoms with Gasteiger partial charge in [0.05, 0.1) is 5.02 Å². The Labute approximate surface area is 188 Å². The van der Waals surface area contributed by atoms with E-state index < -0.39 is 22.0 Å². The number of carbonyl (C=O) groups excluding carboxylic acids is 1. The van der Waals surface area contributed by atoms with Gasteiger partial charge in [0, 0.05) is 10.6 Å². The number of aromatic nitrogens is 2. The maximum absolute atomic E-state index is 12.8. The number of rotatable bonds is 7. The Kier molecular flexibility index (Phi) is 7.10. The number of halogens is 2. The van der Waals surface area contributed by atoms with Crippen molar-refractivity contribution in [1.29, 1.82) is 0 Å². The highest BCUT2D eigenvalue weighted by atomic mass is 35.5. The lowest BCUT2D eigenvalue weighted by atomic mass is 10.1. The molecule has 0 aliphatic heterocycles. The molecule has 3 rings (SSSR count). The number of nitrogens with one attached hydrogen (secondary N) is 2. The van der Waals surface area contributed by atoms with E-state index in [-0.39, 0.29) is 26.0 Å². The van der Waals surface area contributed by atoms with E-state index in [1.54, 1.807) is 13.8 Å². The highest BCUT2D eigenvalue weighted by Crippen LogP contribution is 2.27. The van der Waals surface area contributed by atoms with Crippen LogP contribution in [0.5, 0.6) is 0 Å². The predicted molar refractivity (Wildman–Crippen MR) is 119 cm³/mol. The Morgan fingerprint density at radius 3 is 2.43 bits per heavy atom. The van der Waals surface area contributed by atoms with Crippen LogP contribution in [0.25, 0.3) is 10.6 Å². The third-order valence-corrected chi connectivity index (χ3v) is 7.14. The molecule has 2 aromatic carbocycles. The zero-order valence-corrected chi connectivity index (χ0v) is 19.1. The standard InChI is InChI=1S/C19H18Cl2N4O3S2/c1-11(2)16(25-30(27,28)15-10-13(20)8-9-14(15)21)17(26)22-19-24-23-18(29-19)12-6-4-3-5-7-12/h3-11,16,25H,1-2H3,(H,22,24,26). The quantitative estimate of drug-likeness (QED) is 0.515. The summed E-state index contributed by atoms with van der Waals surface area (Å²) in [7, 11) is -4.09. The van der Waals surface area contributed by atoms with Gasteiger partial charge in [-0.25, -0.2) is 8.42 Å². The van der Waals surface area contributed by atoms with Crippen molar-refractivity contribution in [3.8, 4) is 10.6 Å². The molecular formula is C19H18Cl2N4O3S2. The van der Waals surface area contributed by atoms with Crippen molar-refractivity contribution in [3.05, 3.63) is 58.6 Å². The summed E-state index contributed by atoms with van der Waals surface area (Å²) in [6.07, 6.45) is 0. The summed E-state index contributed by atoms with van der Waals surface area (Å²) in [5.74, 6) is -0.901. The van der Waals surface area contributed by atoms with Crippen molar-refractivity contribution in [1.82, 2.24) is 14.9 Å². The fourth-order valence-corrected chi connectivity index (χ4v) is 5.42. The highest BCUT2D eigenvalue weighted by molar-refractivity contribution is 7.89. The van der Waals surface area contributed by atoms with Gasteiger partial charge in [-0.3, -0.25) is 10.1 Å². The van der Waals surface area contributed by atoms with Crippen LogP contribution in [0.15, 0.2) is 53.4 Å². The third kappa shape index (κ3) is 5.35. The average Bonchev–Trinajstić information content (AvgIpc) is 3.17. The lowest BCUT2D eigenvalue weighted by molar-refractivity contribution is -0.118. The maximum Gasteiger partial charge on any atom is 0.244 e. The molecule has 1 heterocycles. The van der Waals surface area contributed by atoms with Crippen molar-refractivity contribution < 1.29 is 13.2 Å². The molecule has 0 aliphatic carbocycles. The van der Waals surface area contributed by atoms with E-state index in [4.69, 9.17) is 23.2 Å². The van der Waals surface area contributed by atoms with Crippen molar-refractivity contribution in [2.75, 3.05) is 5.32 Å². The Hall–Kier alpha value is -2.04. The molecule has 0 aliphatic rings. The van der Waals surface area contributed by atoms with Crippen LogP contribution in [0.4, 0.5) is 5.13 Å². The minimum absolute atomic E-state index is 0.00596. The van der Waals surface area contributed by atoms with Crippen molar-refractivity contribution in [2.24, 2.45) is 5.92 Å². The molecule has 7 nitrogen and oxygen atoms in total. The molecule has 1 unspecified atom stereocenters. The van der Waals surface area contributed by atoms with Gasteiger partial charge < -0.3 is 0 Å². The van der Waals surface area contributed by atoms with Gasteiger partial charge in [-0.15, -0.1) is 10.2 Å². The van der Waals surface area contributed by atoms with Gasteiger partial charge in [-0.2, -0.15) is 4.72 Å². The first-order valence-electron chi connectivity index (χ1n) is 8.84. The molecule has 1 amide bonds. The Morgan fingerprint density at radius 2 is 1.77 bits per heavy atom. The summed E-state index contributed by atoms with van der Waals surface area (Å²) in [6.45, 7) is 3.45. The average molecular weight is 485 g/mol. The monoisotopic (exact) mass is 484 g/mol. The second kappa shape index (κ2) is 9.40. The van der Waals surface area contributed by atoms with Gasteiger partial charge in [-0.1, -0.05) is 78.7 Å². The van der Waals surface area contributed by atoms with Crippen molar-refractivity contribution in [3.63, 3.8) is 0 Å². The minimum atomic E-state index is -4.09. The smallest absolute Gasteiger partial charge is 0.244 e. The highest BCUT2D eigenvalue weighted by Gasteiger charge is 2.30. The number of carbonyl (C=O) groups is 1. The zero-order valence-electron chi connectivity index (χ0n) is 16.0. The molecular weight excluding hydrogens is 467 g/mol. The summed E-state index contributed by atoms with van der Waals surface area (Å²) in [5.41, 5.74) is 0.868. The molecule has 0 saturated carbocycles. The fraction of sp³-hybridized carbons (Fsp3) is 0.211. The number of hydrogen-bond donors (Lipinski definition) is 2. The third-order valence-electron chi connectivity index (χ3n) is 4.09. The number of anilines is 1. The second-order valence-corrected chi connectivity index (χ2v) is 10.2. The first-order chi connectivity index (χ1) is 14.2. The molecule has 30 heavy (non-hydrogen) atoms. The SMILES string of the molecule is CC(C)C(NS(=O)(=O)c1cc(Cl)ccc1Cl)C(=O)Nc1nnc(-c2ccccc2)s1. The van der Waals surface area contributed by atoms with Crippen LogP contribution in [0.3, 0.4) is 0 Å². The van der Waals surface area contributed by atoms with Crippen molar-refractivity contribution in [2.45, 2.75) is 24.8 Å². The van der Waals surface area contributed by atoms with Crippen LogP contribution in [-0.2, 0) is 14.8 Å². The van der Waals surface area contributed by atoms with Crippen molar-refractivity contribution >= 4 is 55.6 Å². The van der Waals surface area contributed by atoms with Gasteiger partial charge in [0.25, 0.3) is 0 Å². The van der Waals surface area contributed by atoms with E-state index in [1.165, 1.54) is 29.5 Å². The number of benzene rings is 2. The lowest BCUT2D eigenvalue weighted by Crippen LogP contribution is -2.47. The van der Waals surface area contributed by atoms with E-state index in [9.17, 15) is 13.2 Å². The molecule has 0 spiro atoms. The van der Waals surface area contributed by atoms with Gasteiger partial charge in [0.15, 0.2) is 0 Å². The van der Waals surface area contributed by atoms with E-state index in [1.807, 2.05) is 30.3 Å². The summed E-state index contributed by atoms with van der Waals surface area (Å²) >= 11 is 13.1. The van der Waals surface area contributed by atoms with Gasteiger partial charge >= 0.3 is 0 Å². The molecule has 0 radical (unpaired) electrons. The number of nitrogens with zero attached hydrogens (tertiary/aromatic N) is 2. The molecule has 0 bridgehead atoms. The molecule has 3 aromatic rings. The van der Waals surface area contributed by atoms with Crippen LogP contribution in [-0.4, -0.2) is 30.6 Å². The van der Waals surface area contributed by atoms with E-state index >= 15 is 0 Å². The summed E-state index contributed by atoms with van der Waals surface area (Å²) in [6, 6.07) is 12.4. The number of amides is 1. The van der Waals surface area contributed by atoms with Crippen LogP contribution in [0.1, 0.15) is 13.8 Å². The maximum atomic E-state index is 12.8. The Morgan fingerprint density at radius 1 is 1.07 bits per heavy atom. The minimum Gasteiger partial charge on any atom is -0.299 e. The molecule has 2 N–H and O–H groups in total. The number of sulfonamides is 1. The summed E-state index contributed by atoms with van der Waals surface area (Å²) in [4.78, 5) is 12.6. The van der Waals surface area contributed by atoms with E-state index in [2.05, 4.69) is 20.2 Å². The summed E-state index contributed by atoms with van der Waals surface area (Å²) < 4.78 is 28.0. The summed E-state index contributed by atoms with van der Waals surface area (Å²) in [5, 5.41) is 11.8. The second-order valence-electron chi connectivity index (χ2n) is 6.69. The topological polar surface area (TPSA) is 101 Å². The fourth-order valence-electron chi connectivity index (χ4n) is 2.56. The molecule has 0 fully saturated rings. The molecule has 158 valence electrons. The normalized spacial score (nSPS) is 12.7. The first kappa shape index (κ1) is 22.6. The molecule has 0 saturated heterocycles. The van der Waals surface area contributed by atoms with Crippen LogP contribution in [0, 0.1) is 5.92 Å². The largest absolute Gasteiger partial charge is 0.299 e. The first-order valence-corrected chi connectivity index (χ1v) is 11.9. The van der Waals surface area contributed by atoms with Crippen LogP contribution in [0.2, 0.25) is 10.0 Å². The molecule has 1 atom stereocenters. The van der Waals surface area contributed by atoms with Gasteiger partial charge in [0.1, 0.15) is 15.9 Å². The van der Waals surface area contributed by atoms with Gasteiger partial charge in [0.2, 0.25) is 21.1 Å².